The maximum absolute atomic E-state index is 13.5. The third-order valence-electron chi connectivity index (χ3n) is 5.39. The number of aliphatic imine (C=N–C) groups is 2. The molecule has 0 spiro atoms. The lowest BCUT2D eigenvalue weighted by Gasteiger charge is -2.44. The van der Waals surface area contributed by atoms with Crippen molar-refractivity contribution in [3.8, 4) is 0 Å². The van der Waals surface area contributed by atoms with E-state index in [1.165, 1.54) is 0 Å². The Bertz CT molecular complexity index is 526. The van der Waals surface area contributed by atoms with Crippen molar-refractivity contribution in [1.82, 2.24) is 15.5 Å². The number of nitrogens with one attached hydrogen (secondary N) is 2. The number of guanidine groups is 2. The fourth-order valence-electron chi connectivity index (χ4n) is 4.01. The second-order valence-electron chi connectivity index (χ2n) is 7.13. The third-order valence-corrected chi connectivity index (χ3v) is 5.39. The maximum Gasteiger partial charge on any atom is 0.248 e. The fourth-order valence-corrected chi connectivity index (χ4v) is 4.01. The van der Waals surface area contributed by atoms with E-state index in [1.807, 2.05) is 7.05 Å². The molecule has 0 amide bonds. The fraction of sp³-hybridized carbons (Fsp3) is 0.867. The van der Waals surface area contributed by atoms with Crippen LogP contribution in [0, 0.1) is 5.92 Å². The van der Waals surface area contributed by atoms with Crippen molar-refractivity contribution < 1.29 is 8.78 Å². The molecule has 1 aliphatic carbocycles. The quantitative estimate of drug-likeness (QED) is 0.591. The molecule has 2 atom stereocenters. The molecular formula is C15H27F2N7. The van der Waals surface area contributed by atoms with E-state index in [2.05, 4.69) is 25.5 Å². The predicted octanol–water partition coefficient (Wildman–Crippen LogP) is 0.382. The summed E-state index contributed by atoms with van der Waals surface area (Å²) in [7, 11) is 1.94. The molecule has 24 heavy (non-hydrogen) atoms. The van der Waals surface area contributed by atoms with Gasteiger partial charge in [0.15, 0.2) is 11.7 Å². The summed E-state index contributed by atoms with van der Waals surface area (Å²) < 4.78 is 26.9. The van der Waals surface area contributed by atoms with Crippen LogP contribution >= 0.6 is 0 Å². The molecule has 2 heterocycles. The molecule has 1 unspecified atom stereocenters. The second kappa shape index (κ2) is 6.44. The van der Waals surface area contributed by atoms with E-state index in [9.17, 15) is 8.78 Å². The first-order chi connectivity index (χ1) is 11.3. The van der Waals surface area contributed by atoms with Gasteiger partial charge in [-0.3, -0.25) is 4.90 Å². The number of hydrogen-bond acceptors (Lipinski definition) is 7. The number of likely N-dealkylation sites (N-methyl/N-ethyl adjacent to an activating group) is 1. The van der Waals surface area contributed by atoms with E-state index in [4.69, 9.17) is 11.5 Å². The van der Waals surface area contributed by atoms with Crippen molar-refractivity contribution in [3.63, 3.8) is 0 Å². The summed E-state index contributed by atoms with van der Waals surface area (Å²) in [5.74, 6) is -2.78. The summed E-state index contributed by atoms with van der Waals surface area (Å²) in [6, 6.07) is 0.371. The van der Waals surface area contributed by atoms with E-state index in [-0.39, 0.29) is 30.7 Å². The maximum atomic E-state index is 13.5. The molecule has 1 saturated carbocycles. The zero-order valence-corrected chi connectivity index (χ0v) is 14.1. The van der Waals surface area contributed by atoms with E-state index in [1.54, 1.807) is 0 Å². The predicted molar refractivity (Wildman–Crippen MR) is 89.7 cm³/mol. The monoisotopic (exact) mass is 343 g/mol. The van der Waals surface area contributed by atoms with Crippen molar-refractivity contribution in [1.29, 1.82) is 0 Å². The van der Waals surface area contributed by atoms with Crippen molar-refractivity contribution in [2.24, 2.45) is 27.4 Å². The molecule has 3 aliphatic rings. The van der Waals surface area contributed by atoms with E-state index in [0.29, 0.717) is 25.3 Å². The average molecular weight is 343 g/mol. The van der Waals surface area contributed by atoms with Gasteiger partial charge >= 0.3 is 0 Å². The molecule has 9 heteroatoms. The minimum Gasteiger partial charge on any atom is -0.369 e. The summed E-state index contributed by atoms with van der Waals surface area (Å²) >= 11 is 0. The van der Waals surface area contributed by atoms with Gasteiger partial charge in [-0.1, -0.05) is 0 Å². The van der Waals surface area contributed by atoms with Gasteiger partial charge < -0.3 is 22.1 Å². The highest BCUT2D eigenvalue weighted by Crippen LogP contribution is 2.40. The summed E-state index contributed by atoms with van der Waals surface area (Å²) in [5.41, 5.74) is 11.8. The number of hydrogen-bond donors (Lipinski definition) is 4. The standard InChI is InChI=1S/C15H27F2N7/c1-20-11-4-7-24(9-11)15(22-12(18)21-13(19)23-15)8-10-2-5-14(16,17)6-3-10/h10-11,20H,2-9H2,1H3,(H5,18,19,21,22,23)/t11-/m1/s1. The Labute approximate surface area is 140 Å². The van der Waals surface area contributed by atoms with Crippen LogP contribution in [0.3, 0.4) is 0 Å². The highest BCUT2D eigenvalue weighted by Gasteiger charge is 2.46. The molecule has 2 aliphatic heterocycles. The van der Waals surface area contributed by atoms with Crippen LogP contribution in [-0.4, -0.2) is 54.7 Å². The van der Waals surface area contributed by atoms with E-state index >= 15 is 0 Å². The van der Waals surface area contributed by atoms with Crippen LogP contribution in [0.25, 0.3) is 0 Å². The van der Waals surface area contributed by atoms with Crippen LogP contribution in [0.15, 0.2) is 9.98 Å². The molecule has 0 aromatic heterocycles. The van der Waals surface area contributed by atoms with Crippen molar-refractivity contribution in [2.45, 2.75) is 56.3 Å². The Kier molecular flexibility index (Phi) is 4.65. The van der Waals surface area contributed by atoms with Gasteiger partial charge in [-0.15, -0.1) is 0 Å². The van der Waals surface area contributed by atoms with Gasteiger partial charge in [-0.2, -0.15) is 4.99 Å². The smallest absolute Gasteiger partial charge is 0.248 e. The summed E-state index contributed by atoms with van der Waals surface area (Å²) in [6.07, 6.45) is 2.47. The van der Waals surface area contributed by atoms with Crippen molar-refractivity contribution >= 4 is 11.9 Å². The largest absolute Gasteiger partial charge is 0.369 e. The Morgan fingerprint density at radius 3 is 2.58 bits per heavy atom. The normalized spacial score (nSPS) is 34.5. The van der Waals surface area contributed by atoms with Crippen LogP contribution in [0.2, 0.25) is 0 Å². The van der Waals surface area contributed by atoms with Crippen molar-refractivity contribution in [3.05, 3.63) is 0 Å². The van der Waals surface area contributed by atoms with Gasteiger partial charge in [0.25, 0.3) is 0 Å². The summed E-state index contributed by atoms with van der Waals surface area (Å²) in [5, 5.41) is 6.46. The SMILES string of the molecule is CN[C@@H]1CCN(C2(CC3CCC(F)(F)CC3)N=C(N)N=C(N)N2)C1. The van der Waals surface area contributed by atoms with Crippen LogP contribution in [0.1, 0.15) is 38.5 Å². The minimum absolute atomic E-state index is 0.0599. The van der Waals surface area contributed by atoms with Gasteiger partial charge in [-0.05, 0) is 32.2 Å². The zero-order valence-electron chi connectivity index (χ0n) is 14.1. The van der Waals surface area contributed by atoms with Gasteiger partial charge in [-0.25, -0.2) is 13.8 Å². The molecule has 7 nitrogen and oxygen atoms in total. The molecule has 6 N–H and O–H groups in total. The van der Waals surface area contributed by atoms with Gasteiger partial charge in [0, 0.05) is 38.4 Å². The van der Waals surface area contributed by atoms with E-state index in [0.717, 1.165) is 19.5 Å². The molecule has 0 bridgehead atoms. The molecule has 2 fully saturated rings. The second-order valence-corrected chi connectivity index (χ2v) is 7.13. The van der Waals surface area contributed by atoms with Crippen LogP contribution < -0.4 is 22.1 Å². The number of rotatable bonds is 4. The average Bonchev–Trinajstić information content (AvgIpc) is 2.98. The van der Waals surface area contributed by atoms with Crippen LogP contribution in [-0.2, 0) is 0 Å². The minimum atomic E-state index is -2.53. The van der Waals surface area contributed by atoms with Gasteiger partial charge in [0.2, 0.25) is 11.9 Å². The Hall–Kier alpha value is -1.48. The number of halogens is 2. The number of alkyl halides is 2. The third kappa shape index (κ3) is 3.61. The first kappa shape index (κ1) is 17.3. The lowest BCUT2D eigenvalue weighted by Crippen LogP contribution is -2.64. The van der Waals surface area contributed by atoms with Crippen LogP contribution in [0.4, 0.5) is 8.78 Å². The van der Waals surface area contributed by atoms with E-state index < -0.39 is 11.7 Å². The molecule has 0 aromatic carbocycles. The Morgan fingerprint density at radius 2 is 2.00 bits per heavy atom. The van der Waals surface area contributed by atoms with Crippen LogP contribution in [0.5, 0.6) is 0 Å². The molecule has 0 radical (unpaired) electrons. The highest BCUT2D eigenvalue weighted by atomic mass is 19.3. The Morgan fingerprint density at radius 1 is 1.29 bits per heavy atom. The van der Waals surface area contributed by atoms with Crippen molar-refractivity contribution in [2.75, 3.05) is 20.1 Å². The van der Waals surface area contributed by atoms with Gasteiger partial charge in [0.1, 0.15) is 0 Å². The first-order valence-corrected chi connectivity index (χ1v) is 8.60. The molecular weight excluding hydrogens is 316 g/mol. The first-order valence-electron chi connectivity index (χ1n) is 8.60. The zero-order chi connectivity index (χ0) is 17.4. The topological polar surface area (TPSA) is 104 Å². The summed E-state index contributed by atoms with van der Waals surface area (Å²) in [4.78, 5) is 10.7. The summed E-state index contributed by atoms with van der Waals surface area (Å²) in [6.45, 7) is 1.64. The molecule has 136 valence electrons. The molecule has 1 saturated heterocycles. The number of nitrogens with two attached hydrogens (primary N) is 2. The molecule has 0 aromatic rings. The highest BCUT2D eigenvalue weighted by molar-refractivity contribution is 5.95. The number of nitrogens with zero attached hydrogens (tertiary/aromatic N) is 3. The lowest BCUT2D eigenvalue weighted by atomic mass is 9.82. The van der Waals surface area contributed by atoms with Gasteiger partial charge in [0.05, 0.1) is 0 Å². The number of likely N-dealkylation sites (tertiary alicyclic amines) is 1. The molecule has 3 rings (SSSR count). The Balaban J connectivity index is 1.78. The lowest BCUT2D eigenvalue weighted by molar-refractivity contribution is -0.0539.